The lowest BCUT2D eigenvalue weighted by atomic mass is 10.2. The maximum absolute atomic E-state index is 4.61. The van der Waals surface area contributed by atoms with Gasteiger partial charge in [-0.1, -0.05) is 12.1 Å². The molecule has 0 unspecified atom stereocenters. The molecule has 0 spiro atoms. The maximum atomic E-state index is 4.61. The molecule has 2 nitrogen and oxygen atoms in total. The summed E-state index contributed by atoms with van der Waals surface area (Å²) in [6, 6.07) is 8.61. The highest BCUT2D eigenvalue weighted by molar-refractivity contribution is 8.55. The van der Waals surface area contributed by atoms with Crippen LogP contribution in [0.4, 0.5) is 0 Å². The molecule has 0 saturated heterocycles. The van der Waals surface area contributed by atoms with E-state index in [1.54, 1.807) is 0 Å². The van der Waals surface area contributed by atoms with Crippen molar-refractivity contribution in [3.05, 3.63) is 36.7 Å². The summed E-state index contributed by atoms with van der Waals surface area (Å²) >= 11 is 7.77. The summed E-state index contributed by atoms with van der Waals surface area (Å²) in [5, 5.41) is 2.72. The third kappa shape index (κ3) is 4.58. The van der Waals surface area contributed by atoms with E-state index in [0.29, 0.717) is 0 Å². The predicted molar refractivity (Wildman–Crippen MR) is 112 cm³/mol. The fourth-order valence-electron chi connectivity index (χ4n) is 1.97. The highest BCUT2D eigenvalue weighted by atomic mass is 32.6. The third-order valence-corrected chi connectivity index (χ3v) is 19.3. The molecule has 0 aliphatic heterocycles. The van der Waals surface area contributed by atoms with Crippen LogP contribution in [0.15, 0.2) is 36.7 Å². The van der Waals surface area contributed by atoms with Gasteiger partial charge in [0.25, 0.3) is 0 Å². The average Bonchev–Trinajstić information content (AvgIpc) is 2.58. The minimum Gasteiger partial charge on any atom is -0.255 e. The number of rotatable bonds is 7. The zero-order valence-corrected chi connectivity index (χ0v) is 18.3. The highest BCUT2D eigenvalue weighted by Crippen LogP contribution is 2.17. The van der Waals surface area contributed by atoms with Crippen LogP contribution in [0.5, 0.6) is 0 Å². The molecule has 2 aromatic rings. The van der Waals surface area contributed by atoms with Gasteiger partial charge in [0.1, 0.15) is 0 Å². The van der Waals surface area contributed by atoms with Crippen LogP contribution < -0.4 is 10.4 Å². The van der Waals surface area contributed by atoms with Crippen LogP contribution >= 0.6 is 44.8 Å². The molecule has 0 amide bonds. The Morgan fingerprint density at radius 3 is 1.23 bits per heavy atom. The van der Waals surface area contributed by atoms with Crippen molar-refractivity contribution < 1.29 is 0 Å². The summed E-state index contributed by atoms with van der Waals surface area (Å²) in [5.41, 5.74) is 1.92. The lowest BCUT2D eigenvalue weighted by Crippen LogP contribution is -2.24. The van der Waals surface area contributed by atoms with Crippen LogP contribution in [0.25, 0.3) is 11.4 Å². The van der Waals surface area contributed by atoms with Crippen LogP contribution in [0.3, 0.4) is 0 Å². The molecule has 0 bridgehead atoms. The van der Waals surface area contributed by atoms with E-state index in [0.717, 1.165) is 11.4 Å². The van der Waals surface area contributed by atoms with Gasteiger partial charge in [0.15, 0.2) is 0 Å². The van der Waals surface area contributed by atoms with E-state index in [-0.39, 0.29) is 0 Å². The minimum absolute atomic E-state index is 0.574. The van der Waals surface area contributed by atoms with Crippen molar-refractivity contribution in [1.29, 1.82) is 0 Å². The zero-order chi connectivity index (χ0) is 15.9. The summed E-state index contributed by atoms with van der Waals surface area (Å²) in [6.45, 7) is 0. The Bertz CT molecular complexity index is 519. The van der Waals surface area contributed by atoms with Crippen molar-refractivity contribution in [2.45, 2.75) is 0 Å². The number of hydrogen-bond donors (Lipinski definition) is 0. The highest BCUT2D eigenvalue weighted by Gasteiger charge is 2.14. The Hall–Kier alpha value is 0.134. The molecule has 0 aromatic carbocycles. The molecule has 0 atom stereocenters. The third-order valence-electron chi connectivity index (χ3n) is 3.00. The Morgan fingerprint density at radius 2 is 1.00 bits per heavy atom. The number of hydrogen-bond acceptors (Lipinski definition) is 6. The molecule has 2 aromatic heterocycles. The second-order valence-corrected chi connectivity index (χ2v) is 19.5. The van der Waals surface area contributed by atoms with Crippen molar-refractivity contribution in [2.75, 3.05) is 25.0 Å². The van der Waals surface area contributed by atoms with Crippen molar-refractivity contribution in [1.82, 2.24) is 9.97 Å². The van der Waals surface area contributed by atoms with Gasteiger partial charge >= 0.3 is 0 Å². The normalized spacial score (nSPS) is 11.4. The molecule has 2 rings (SSSR count). The van der Waals surface area contributed by atoms with Crippen LogP contribution in [0, 0.1) is 0 Å². The first kappa shape index (κ1) is 18.5. The molecule has 0 fully saturated rings. The molecular formula is C14H18N2S4Si2. The zero-order valence-electron chi connectivity index (χ0n) is 13.0. The van der Waals surface area contributed by atoms with Crippen LogP contribution in [-0.4, -0.2) is 49.2 Å². The molecule has 2 radical (unpaired) electrons. The summed E-state index contributed by atoms with van der Waals surface area (Å²) in [6.07, 6.45) is 12.7. The van der Waals surface area contributed by atoms with Crippen molar-refractivity contribution >= 4 is 69.4 Å². The SMILES string of the molecule is CS[Si](SC)c1ccc(-c2ccc([Si](SC)SC)cn2)nc1. The van der Waals surface area contributed by atoms with Gasteiger partial charge in [-0.25, -0.2) is 0 Å². The quantitative estimate of drug-likeness (QED) is 0.665. The monoisotopic (exact) mass is 398 g/mol. The first-order chi connectivity index (χ1) is 10.7. The topological polar surface area (TPSA) is 25.8 Å². The summed E-state index contributed by atoms with van der Waals surface area (Å²) in [5.74, 6) is 0. The largest absolute Gasteiger partial charge is 0.255 e. The molecule has 116 valence electrons. The molecule has 22 heavy (non-hydrogen) atoms. The lowest BCUT2D eigenvalue weighted by molar-refractivity contribution is 1.26. The molecule has 0 aliphatic rings. The van der Waals surface area contributed by atoms with Gasteiger partial charge in [0, 0.05) is 12.4 Å². The van der Waals surface area contributed by atoms with Crippen molar-refractivity contribution in [2.24, 2.45) is 0 Å². The van der Waals surface area contributed by atoms with Gasteiger partial charge in [0.05, 0.1) is 11.4 Å². The second-order valence-electron chi connectivity index (χ2n) is 4.26. The van der Waals surface area contributed by atoms with Crippen molar-refractivity contribution in [3.63, 3.8) is 0 Å². The Balaban J connectivity index is 2.18. The smallest absolute Gasteiger partial charge is 0.225 e. The minimum atomic E-state index is -0.574. The van der Waals surface area contributed by atoms with Gasteiger partial charge in [-0.15, -0.1) is 0 Å². The Morgan fingerprint density at radius 1 is 0.636 bits per heavy atom. The predicted octanol–water partition coefficient (Wildman–Crippen LogP) is 2.99. The summed E-state index contributed by atoms with van der Waals surface area (Å²) in [7, 11) is -1.15. The number of nitrogens with zero attached hydrogens (tertiary/aromatic N) is 2. The van der Waals surface area contributed by atoms with Gasteiger partial charge < -0.3 is 0 Å². The number of pyridine rings is 2. The fourth-order valence-corrected chi connectivity index (χ4v) is 12.3. The molecule has 0 N–H and O–H groups in total. The van der Waals surface area contributed by atoms with E-state index in [9.17, 15) is 0 Å². The number of aromatic nitrogens is 2. The van der Waals surface area contributed by atoms with Gasteiger partial charge in [-0.3, -0.25) is 9.97 Å². The molecular weight excluding hydrogens is 381 g/mol. The van der Waals surface area contributed by atoms with E-state index in [1.807, 2.05) is 57.2 Å². The van der Waals surface area contributed by atoms with E-state index in [2.05, 4.69) is 59.3 Å². The van der Waals surface area contributed by atoms with Gasteiger partial charge in [0.2, 0.25) is 14.2 Å². The summed E-state index contributed by atoms with van der Waals surface area (Å²) < 4.78 is 0. The first-order valence-electron chi connectivity index (χ1n) is 6.56. The Kier molecular flexibility index (Phi) is 7.92. The molecule has 0 saturated carbocycles. The van der Waals surface area contributed by atoms with Gasteiger partial charge in [-0.2, -0.15) is 44.8 Å². The van der Waals surface area contributed by atoms with E-state index in [4.69, 9.17) is 0 Å². The van der Waals surface area contributed by atoms with E-state index >= 15 is 0 Å². The lowest BCUT2D eigenvalue weighted by Gasteiger charge is -2.10. The average molecular weight is 399 g/mol. The Labute approximate surface area is 151 Å². The molecule has 2 heterocycles. The first-order valence-corrected chi connectivity index (χ1v) is 17.4. The van der Waals surface area contributed by atoms with E-state index in [1.165, 1.54) is 10.4 Å². The fraction of sp³-hybridized carbons (Fsp3) is 0.286. The standard InChI is InChI=1S/C14H18N2S4Si2/c1-17-21(18-2)11-5-7-13(15-9-11)14-8-6-12(10-16-14)22(19-3)20-4/h5-10H,1-4H3. The molecule has 8 heteroatoms. The van der Waals surface area contributed by atoms with Crippen molar-refractivity contribution in [3.8, 4) is 11.4 Å². The van der Waals surface area contributed by atoms with Gasteiger partial charge in [-0.05, 0) is 47.5 Å². The second kappa shape index (κ2) is 9.43. The maximum Gasteiger partial charge on any atom is 0.225 e. The molecule has 0 aliphatic carbocycles. The summed E-state index contributed by atoms with van der Waals surface area (Å²) in [4.78, 5) is 9.23. The van der Waals surface area contributed by atoms with Crippen LogP contribution in [0.2, 0.25) is 0 Å². The van der Waals surface area contributed by atoms with E-state index < -0.39 is 14.2 Å². The van der Waals surface area contributed by atoms with Crippen LogP contribution in [-0.2, 0) is 0 Å². The van der Waals surface area contributed by atoms with Crippen LogP contribution in [0.1, 0.15) is 0 Å².